The molecular formula is C30H27F3N6O5S. The molecular weight excluding hydrogens is 613 g/mol. The summed E-state index contributed by atoms with van der Waals surface area (Å²) in [7, 11) is -4.06. The quantitative estimate of drug-likeness (QED) is 0.292. The lowest BCUT2D eigenvalue weighted by Crippen LogP contribution is -2.54. The lowest BCUT2D eigenvalue weighted by atomic mass is 10.1. The molecule has 0 aliphatic carbocycles. The van der Waals surface area contributed by atoms with E-state index >= 15 is 4.39 Å². The van der Waals surface area contributed by atoms with Gasteiger partial charge in [0.05, 0.1) is 40.4 Å². The summed E-state index contributed by atoms with van der Waals surface area (Å²) in [5.74, 6) is -3.56. The van der Waals surface area contributed by atoms with Crippen molar-refractivity contribution in [3.05, 3.63) is 82.8 Å². The Morgan fingerprint density at radius 3 is 2.42 bits per heavy atom. The zero-order chi connectivity index (χ0) is 32.2. The minimum atomic E-state index is -4.06. The highest BCUT2D eigenvalue weighted by atomic mass is 32.2. The van der Waals surface area contributed by atoms with Gasteiger partial charge in [0.2, 0.25) is 5.91 Å². The number of amides is 1. The highest BCUT2D eigenvalue weighted by Gasteiger charge is 2.38. The van der Waals surface area contributed by atoms with Crippen molar-refractivity contribution >= 4 is 32.6 Å². The summed E-state index contributed by atoms with van der Waals surface area (Å²) in [6.07, 6.45) is 2.47. The molecule has 0 unspecified atom stereocenters. The Hall–Kier alpha value is -4.63. The Balaban J connectivity index is 1.66. The molecule has 11 nitrogen and oxygen atoms in total. The number of ether oxygens (including phenoxy) is 1. The molecule has 0 saturated carbocycles. The maximum absolute atomic E-state index is 15.8. The molecule has 0 radical (unpaired) electrons. The van der Waals surface area contributed by atoms with Gasteiger partial charge in [-0.1, -0.05) is 12.6 Å². The average Bonchev–Trinajstić information content (AvgIpc) is 2.96. The van der Waals surface area contributed by atoms with E-state index in [0.717, 1.165) is 28.8 Å². The van der Waals surface area contributed by atoms with Crippen LogP contribution in [0.15, 0.2) is 58.9 Å². The maximum Gasteiger partial charge on any atom is 0.355 e. The molecule has 1 aromatic carbocycles. The number of pyridine rings is 2. The number of sulfone groups is 1. The molecule has 234 valence electrons. The minimum Gasteiger partial charge on any atom is -0.379 e. The molecule has 2 aliphatic heterocycles. The Morgan fingerprint density at radius 1 is 1.09 bits per heavy atom. The summed E-state index contributed by atoms with van der Waals surface area (Å²) in [6, 6.07) is 4.80. The Bertz CT molecular complexity index is 2030. The standard InChI is InChI=1S/C30H27F3N6O5S/c1-4-24(40)37-10-11-38(16(2)13-37)28-19-12-22(33)26(25-20(31)6-5-7-21(25)32)35-29(19)39(30(41)36-28)27-17(3)34-9-8-23(27)45(42,43)18-14-44-15-18/h4-9,12,16,18H,1,10-11,13-15H2,2-3H3/t16-/m0/s1. The van der Waals surface area contributed by atoms with Crippen molar-refractivity contribution in [3.63, 3.8) is 0 Å². The van der Waals surface area contributed by atoms with Gasteiger partial charge in [0.15, 0.2) is 21.3 Å². The highest BCUT2D eigenvalue weighted by molar-refractivity contribution is 7.92. The van der Waals surface area contributed by atoms with Gasteiger partial charge in [0.1, 0.15) is 28.4 Å². The third-order valence-corrected chi connectivity index (χ3v) is 10.1. The fourth-order valence-electron chi connectivity index (χ4n) is 5.64. The van der Waals surface area contributed by atoms with Crippen molar-refractivity contribution in [2.24, 2.45) is 0 Å². The highest BCUT2D eigenvalue weighted by Crippen LogP contribution is 2.35. The maximum atomic E-state index is 15.8. The van der Waals surface area contributed by atoms with E-state index in [9.17, 15) is 26.8 Å². The van der Waals surface area contributed by atoms with Gasteiger partial charge in [0.25, 0.3) is 0 Å². The minimum absolute atomic E-state index is 0.00903. The van der Waals surface area contributed by atoms with Crippen molar-refractivity contribution in [1.29, 1.82) is 0 Å². The van der Waals surface area contributed by atoms with E-state index in [2.05, 4.69) is 21.5 Å². The van der Waals surface area contributed by atoms with Gasteiger partial charge in [-0.3, -0.25) is 9.78 Å². The lowest BCUT2D eigenvalue weighted by molar-refractivity contribution is -0.126. The van der Waals surface area contributed by atoms with Gasteiger partial charge < -0.3 is 14.5 Å². The second kappa shape index (κ2) is 11.4. The number of aryl methyl sites for hydroxylation is 1. The average molecular weight is 641 g/mol. The molecule has 2 aliphatic rings. The van der Waals surface area contributed by atoms with Crippen LogP contribution in [0, 0.1) is 24.4 Å². The van der Waals surface area contributed by atoms with Gasteiger partial charge in [0, 0.05) is 31.9 Å². The Morgan fingerprint density at radius 2 is 1.80 bits per heavy atom. The number of hydrogen-bond donors (Lipinski definition) is 0. The summed E-state index contributed by atoms with van der Waals surface area (Å²) in [4.78, 5) is 42.0. The van der Waals surface area contributed by atoms with E-state index in [1.807, 2.05) is 0 Å². The molecule has 6 rings (SSSR count). The number of anilines is 1. The van der Waals surface area contributed by atoms with Crippen molar-refractivity contribution in [1.82, 2.24) is 24.4 Å². The first-order chi connectivity index (χ1) is 21.4. The van der Waals surface area contributed by atoms with Gasteiger partial charge in [-0.25, -0.2) is 35.9 Å². The molecule has 0 N–H and O–H groups in total. The van der Waals surface area contributed by atoms with Gasteiger partial charge in [-0.15, -0.1) is 0 Å². The van der Waals surface area contributed by atoms with Crippen LogP contribution in [0.5, 0.6) is 0 Å². The van der Waals surface area contributed by atoms with Crippen LogP contribution in [-0.2, 0) is 19.4 Å². The van der Waals surface area contributed by atoms with Crippen LogP contribution < -0.4 is 10.6 Å². The van der Waals surface area contributed by atoms with Crippen LogP contribution in [0.25, 0.3) is 28.0 Å². The van der Waals surface area contributed by atoms with E-state index in [4.69, 9.17) is 4.74 Å². The van der Waals surface area contributed by atoms with Gasteiger partial charge >= 0.3 is 5.69 Å². The predicted molar refractivity (Wildman–Crippen MR) is 158 cm³/mol. The number of carbonyl (C=O) groups is 1. The van der Waals surface area contributed by atoms with Crippen LogP contribution in [0.2, 0.25) is 0 Å². The van der Waals surface area contributed by atoms with Crippen molar-refractivity contribution in [2.75, 3.05) is 37.7 Å². The number of hydrogen-bond acceptors (Lipinski definition) is 9. The zero-order valence-corrected chi connectivity index (χ0v) is 25.0. The summed E-state index contributed by atoms with van der Waals surface area (Å²) in [6.45, 7) is 7.36. The first-order valence-electron chi connectivity index (χ1n) is 14.0. The molecule has 1 amide bonds. The molecule has 2 saturated heterocycles. The van der Waals surface area contributed by atoms with Crippen molar-refractivity contribution < 1.29 is 31.1 Å². The number of aromatic nitrogens is 4. The lowest BCUT2D eigenvalue weighted by Gasteiger charge is -2.40. The van der Waals surface area contributed by atoms with E-state index < -0.39 is 55.5 Å². The second-order valence-corrected chi connectivity index (χ2v) is 13.0. The molecule has 2 fully saturated rings. The molecule has 3 aromatic heterocycles. The smallest absolute Gasteiger partial charge is 0.355 e. The number of rotatable bonds is 6. The normalized spacial score (nSPS) is 17.4. The third kappa shape index (κ3) is 5.05. The number of carbonyl (C=O) groups excluding carboxylic acids is 1. The summed E-state index contributed by atoms with van der Waals surface area (Å²) >= 11 is 0. The topological polar surface area (TPSA) is 128 Å². The Labute approximate surface area is 255 Å². The first-order valence-corrected chi connectivity index (χ1v) is 15.5. The Kier molecular flexibility index (Phi) is 7.69. The summed E-state index contributed by atoms with van der Waals surface area (Å²) in [5.41, 5.74) is -2.82. The van der Waals surface area contributed by atoms with Crippen LogP contribution in [0.3, 0.4) is 0 Å². The van der Waals surface area contributed by atoms with Crippen molar-refractivity contribution in [2.45, 2.75) is 30.0 Å². The van der Waals surface area contributed by atoms with E-state index in [1.165, 1.54) is 25.3 Å². The fourth-order valence-corrected chi connectivity index (χ4v) is 7.31. The van der Waals surface area contributed by atoms with E-state index in [0.29, 0.717) is 0 Å². The number of fused-ring (bicyclic) bond motifs is 1. The van der Waals surface area contributed by atoms with Crippen LogP contribution in [0.1, 0.15) is 12.6 Å². The number of halogens is 3. The number of nitrogens with zero attached hydrogens (tertiary/aromatic N) is 6. The van der Waals surface area contributed by atoms with Gasteiger partial charge in [-0.2, -0.15) is 4.98 Å². The second-order valence-electron chi connectivity index (χ2n) is 10.8. The van der Waals surface area contributed by atoms with Crippen LogP contribution in [-0.4, -0.2) is 82.9 Å². The SMILES string of the molecule is C=CC(=O)N1CCN(c2nc(=O)n(-c3c(S(=O)(=O)C4COC4)ccnc3C)c3nc(-c4c(F)cccc4F)c(F)cc23)[C@@H](C)C1. The summed E-state index contributed by atoms with van der Waals surface area (Å²) in [5, 5.41) is -0.905. The molecule has 15 heteroatoms. The van der Waals surface area contributed by atoms with E-state index in [-0.39, 0.29) is 71.9 Å². The van der Waals surface area contributed by atoms with Crippen LogP contribution >= 0.6 is 0 Å². The number of piperazine rings is 1. The summed E-state index contributed by atoms with van der Waals surface area (Å²) < 4.78 is 78.9. The third-order valence-electron chi connectivity index (χ3n) is 8.03. The molecule has 0 spiro atoms. The molecule has 0 bridgehead atoms. The monoisotopic (exact) mass is 640 g/mol. The van der Waals surface area contributed by atoms with Crippen LogP contribution in [0.4, 0.5) is 19.0 Å². The molecule has 45 heavy (non-hydrogen) atoms. The largest absolute Gasteiger partial charge is 0.379 e. The molecule has 4 aromatic rings. The molecule has 5 heterocycles. The van der Waals surface area contributed by atoms with Gasteiger partial charge in [-0.05, 0) is 44.2 Å². The molecule has 1 atom stereocenters. The number of benzene rings is 1. The van der Waals surface area contributed by atoms with E-state index in [1.54, 1.807) is 16.7 Å². The zero-order valence-electron chi connectivity index (χ0n) is 24.2. The first kappa shape index (κ1) is 30.4. The predicted octanol–water partition coefficient (Wildman–Crippen LogP) is 2.96. The van der Waals surface area contributed by atoms with Crippen molar-refractivity contribution in [3.8, 4) is 16.9 Å². The fraction of sp³-hybridized carbons (Fsp3) is 0.300.